The Bertz CT molecular complexity index is 880. The van der Waals surface area contributed by atoms with Crippen LogP contribution < -0.4 is 10.6 Å². The van der Waals surface area contributed by atoms with E-state index in [0.717, 1.165) is 46.7 Å². The van der Waals surface area contributed by atoms with E-state index in [9.17, 15) is 0 Å². The number of anilines is 1. The SMILES string of the molecule is Brc1cnn2c(NCc3cccnc3)cc(N=C3CCNC3)nc12. The van der Waals surface area contributed by atoms with Crippen LogP contribution in [0.4, 0.5) is 11.6 Å². The van der Waals surface area contributed by atoms with Crippen LogP contribution in [0.3, 0.4) is 0 Å². The summed E-state index contributed by atoms with van der Waals surface area (Å²) < 4.78 is 2.62. The first-order valence-electron chi connectivity index (χ1n) is 7.74. The third-order valence-electron chi connectivity index (χ3n) is 3.80. The molecule has 1 aliphatic rings. The molecular weight excluding hydrogens is 370 g/mol. The fraction of sp³-hybridized carbons (Fsp3) is 0.250. The van der Waals surface area contributed by atoms with Crippen molar-refractivity contribution in [3.8, 4) is 0 Å². The second kappa shape index (κ2) is 6.66. The lowest BCUT2D eigenvalue weighted by atomic mass is 10.3. The predicted molar refractivity (Wildman–Crippen MR) is 96.8 cm³/mol. The molecule has 3 aromatic rings. The van der Waals surface area contributed by atoms with Crippen LogP contribution in [0.2, 0.25) is 0 Å². The van der Waals surface area contributed by atoms with Crippen LogP contribution in [0, 0.1) is 0 Å². The molecule has 4 rings (SSSR count). The van der Waals surface area contributed by atoms with E-state index in [4.69, 9.17) is 0 Å². The molecule has 122 valence electrons. The number of pyridine rings is 1. The molecule has 0 unspecified atom stereocenters. The topological polar surface area (TPSA) is 79.5 Å². The van der Waals surface area contributed by atoms with Gasteiger partial charge in [-0.05, 0) is 34.0 Å². The van der Waals surface area contributed by atoms with E-state index in [-0.39, 0.29) is 0 Å². The first-order chi connectivity index (χ1) is 11.8. The number of nitrogens with zero attached hydrogens (tertiary/aromatic N) is 5. The largest absolute Gasteiger partial charge is 0.366 e. The minimum atomic E-state index is 0.655. The zero-order valence-corrected chi connectivity index (χ0v) is 14.5. The van der Waals surface area contributed by atoms with Gasteiger partial charge in [-0.2, -0.15) is 9.61 Å². The van der Waals surface area contributed by atoms with Crippen molar-refractivity contribution in [2.24, 2.45) is 4.99 Å². The molecular formula is C16H16BrN7. The fourth-order valence-corrected chi connectivity index (χ4v) is 2.96. The maximum Gasteiger partial charge on any atom is 0.173 e. The van der Waals surface area contributed by atoms with E-state index in [1.807, 2.05) is 24.4 Å². The van der Waals surface area contributed by atoms with Gasteiger partial charge in [-0.25, -0.2) is 9.98 Å². The van der Waals surface area contributed by atoms with E-state index in [1.165, 1.54) is 0 Å². The normalized spacial score (nSPS) is 16.1. The molecule has 0 aliphatic carbocycles. The minimum Gasteiger partial charge on any atom is -0.366 e. The Morgan fingerprint density at radius 1 is 1.38 bits per heavy atom. The summed E-state index contributed by atoms with van der Waals surface area (Å²) in [7, 11) is 0. The lowest BCUT2D eigenvalue weighted by Crippen LogP contribution is -2.08. The summed E-state index contributed by atoms with van der Waals surface area (Å²) in [4.78, 5) is 13.4. The molecule has 0 saturated carbocycles. The van der Waals surface area contributed by atoms with Crippen LogP contribution in [0.5, 0.6) is 0 Å². The van der Waals surface area contributed by atoms with Gasteiger partial charge in [-0.1, -0.05) is 6.07 Å². The summed E-state index contributed by atoms with van der Waals surface area (Å²) in [6.07, 6.45) is 6.32. The van der Waals surface area contributed by atoms with Crippen molar-refractivity contribution in [1.82, 2.24) is 24.9 Å². The molecule has 1 fully saturated rings. The molecule has 7 nitrogen and oxygen atoms in total. The highest BCUT2D eigenvalue weighted by atomic mass is 79.9. The molecule has 1 saturated heterocycles. The Kier molecular flexibility index (Phi) is 4.22. The van der Waals surface area contributed by atoms with Crippen molar-refractivity contribution in [2.45, 2.75) is 13.0 Å². The fourth-order valence-electron chi connectivity index (χ4n) is 2.61. The third-order valence-corrected chi connectivity index (χ3v) is 4.36. The number of aliphatic imine (C=N–C) groups is 1. The van der Waals surface area contributed by atoms with Gasteiger partial charge in [0.25, 0.3) is 0 Å². The highest BCUT2D eigenvalue weighted by molar-refractivity contribution is 9.10. The molecule has 1 aliphatic heterocycles. The second-order valence-electron chi connectivity index (χ2n) is 5.55. The highest BCUT2D eigenvalue weighted by Crippen LogP contribution is 2.24. The lowest BCUT2D eigenvalue weighted by Gasteiger charge is -2.09. The van der Waals surface area contributed by atoms with E-state index in [2.05, 4.69) is 46.6 Å². The number of aromatic nitrogens is 4. The molecule has 0 spiro atoms. The standard InChI is InChI=1S/C16H16BrN7/c17-13-10-21-24-15(20-8-11-2-1-4-18-7-11)6-14(23-16(13)24)22-12-3-5-19-9-12/h1-2,4,6-7,10,19-20H,3,5,8-9H2. The van der Waals surface area contributed by atoms with Crippen molar-refractivity contribution in [2.75, 3.05) is 18.4 Å². The van der Waals surface area contributed by atoms with E-state index < -0.39 is 0 Å². The number of halogens is 1. The van der Waals surface area contributed by atoms with Crippen molar-refractivity contribution in [3.63, 3.8) is 0 Å². The monoisotopic (exact) mass is 385 g/mol. The Labute approximate surface area is 147 Å². The average molecular weight is 386 g/mol. The quantitative estimate of drug-likeness (QED) is 0.721. The van der Waals surface area contributed by atoms with Gasteiger partial charge < -0.3 is 10.6 Å². The predicted octanol–water partition coefficient (Wildman–Crippen LogP) is 2.56. The van der Waals surface area contributed by atoms with E-state index in [0.29, 0.717) is 12.4 Å². The second-order valence-corrected chi connectivity index (χ2v) is 6.40. The molecule has 0 radical (unpaired) electrons. The number of rotatable bonds is 4. The molecule has 0 amide bonds. The van der Waals surface area contributed by atoms with Gasteiger partial charge in [0, 0.05) is 43.8 Å². The zero-order valence-electron chi connectivity index (χ0n) is 12.9. The van der Waals surface area contributed by atoms with Crippen molar-refractivity contribution in [1.29, 1.82) is 0 Å². The van der Waals surface area contributed by atoms with Gasteiger partial charge in [0.2, 0.25) is 0 Å². The van der Waals surface area contributed by atoms with E-state index >= 15 is 0 Å². The maximum atomic E-state index is 4.67. The maximum absolute atomic E-state index is 4.67. The van der Waals surface area contributed by atoms with Crippen LogP contribution in [0.1, 0.15) is 12.0 Å². The number of hydrogen-bond acceptors (Lipinski definition) is 6. The first-order valence-corrected chi connectivity index (χ1v) is 8.53. The van der Waals surface area contributed by atoms with Gasteiger partial charge in [0.15, 0.2) is 11.5 Å². The first kappa shape index (κ1) is 15.2. The third kappa shape index (κ3) is 3.15. The number of nitrogens with one attached hydrogen (secondary N) is 2. The van der Waals surface area contributed by atoms with Crippen LogP contribution >= 0.6 is 15.9 Å². The molecule has 8 heteroatoms. The summed E-state index contributed by atoms with van der Waals surface area (Å²) in [5.41, 5.74) is 2.97. The molecule has 0 aromatic carbocycles. The van der Waals surface area contributed by atoms with Gasteiger partial charge in [-0.3, -0.25) is 4.98 Å². The Morgan fingerprint density at radius 3 is 3.12 bits per heavy atom. The minimum absolute atomic E-state index is 0.655. The number of fused-ring (bicyclic) bond motifs is 1. The Balaban J connectivity index is 1.68. The van der Waals surface area contributed by atoms with Gasteiger partial charge in [0.1, 0.15) is 5.82 Å². The molecule has 3 aromatic heterocycles. The molecule has 4 heterocycles. The van der Waals surface area contributed by atoms with Crippen molar-refractivity contribution in [3.05, 3.63) is 46.8 Å². The molecule has 24 heavy (non-hydrogen) atoms. The summed E-state index contributed by atoms with van der Waals surface area (Å²) in [6, 6.07) is 5.88. The van der Waals surface area contributed by atoms with Gasteiger partial charge in [0.05, 0.1) is 10.7 Å². The van der Waals surface area contributed by atoms with Crippen molar-refractivity contribution >= 4 is 38.9 Å². The molecule has 0 atom stereocenters. The molecule has 0 bridgehead atoms. The lowest BCUT2D eigenvalue weighted by molar-refractivity contribution is 0.863. The zero-order chi connectivity index (χ0) is 16.4. The van der Waals surface area contributed by atoms with Crippen molar-refractivity contribution < 1.29 is 0 Å². The average Bonchev–Trinajstić information content (AvgIpc) is 3.24. The highest BCUT2D eigenvalue weighted by Gasteiger charge is 2.12. The van der Waals surface area contributed by atoms with Gasteiger partial charge in [-0.15, -0.1) is 0 Å². The summed E-state index contributed by atoms with van der Waals surface area (Å²) in [5, 5.41) is 11.1. The van der Waals surface area contributed by atoms with Crippen LogP contribution in [0.25, 0.3) is 5.65 Å². The Hall–Kier alpha value is -2.32. The Morgan fingerprint density at radius 2 is 2.33 bits per heavy atom. The summed E-state index contributed by atoms with van der Waals surface area (Å²) in [6.45, 7) is 2.46. The van der Waals surface area contributed by atoms with Crippen LogP contribution in [-0.2, 0) is 6.54 Å². The number of hydrogen-bond donors (Lipinski definition) is 2. The van der Waals surface area contributed by atoms with Crippen LogP contribution in [0.15, 0.2) is 46.3 Å². The van der Waals surface area contributed by atoms with E-state index in [1.54, 1.807) is 16.9 Å². The van der Waals surface area contributed by atoms with Gasteiger partial charge >= 0.3 is 0 Å². The molecule has 2 N–H and O–H groups in total. The summed E-state index contributed by atoms with van der Waals surface area (Å²) >= 11 is 3.50. The summed E-state index contributed by atoms with van der Waals surface area (Å²) in [5.74, 6) is 1.54. The smallest absolute Gasteiger partial charge is 0.173 e. The van der Waals surface area contributed by atoms with Crippen LogP contribution in [-0.4, -0.2) is 38.4 Å².